The number of rotatable bonds is 6. The molecule has 0 bridgehead atoms. The molecule has 2 heterocycles. The quantitative estimate of drug-likeness (QED) is 0.543. The van der Waals surface area contributed by atoms with Crippen LogP contribution in [0.25, 0.3) is 0 Å². The number of nitrogens with zero attached hydrogens (tertiary/aromatic N) is 1. The van der Waals surface area contributed by atoms with Gasteiger partial charge in [0.1, 0.15) is 12.4 Å². The number of nitrogen functional groups attached to an aromatic ring is 1. The normalized spacial score (nSPS) is 15.7. The average Bonchev–Trinajstić information content (AvgIpc) is 2.70. The van der Waals surface area contributed by atoms with Crippen molar-refractivity contribution >= 4 is 29.1 Å². The first kappa shape index (κ1) is 21.1. The van der Waals surface area contributed by atoms with Gasteiger partial charge in [0, 0.05) is 34.8 Å². The van der Waals surface area contributed by atoms with Gasteiger partial charge in [0.25, 0.3) is 0 Å². The number of methoxy groups -OCH3 is 1. The number of carbonyl (C=O) groups excluding carboxylic acids is 1. The van der Waals surface area contributed by atoms with Crippen LogP contribution in [0.1, 0.15) is 42.1 Å². The summed E-state index contributed by atoms with van der Waals surface area (Å²) in [5, 5.41) is 3.81. The summed E-state index contributed by atoms with van der Waals surface area (Å²) in [4.78, 5) is 17.8. The first-order valence-corrected chi connectivity index (χ1v) is 9.95. The Labute approximate surface area is 176 Å². The number of hydrogen-bond donors (Lipinski definition) is 2. The van der Waals surface area contributed by atoms with Gasteiger partial charge in [-0.05, 0) is 37.5 Å². The summed E-state index contributed by atoms with van der Waals surface area (Å²) in [6.45, 7) is 6.31. The highest BCUT2D eigenvalue weighted by Crippen LogP contribution is 2.47. The molecule has 6 nitrogen and oxygen atoms in total. The van der Waals surface area contributed by atoms with Crippen LogP contribution in [-0.4, -0.2) is 31.3 Å². The molecule has 0 fully saturated rings. The number of aryl methyl sites for hydroxylation is 1. The Kier molecular flexibility index (Phi) is 6.45. The molecule has 3 N–H and O–H groups in total. The average molecular weight is 416 g/mol. The lowest BCUT2D eigenvalue weighted by Gasteiger charge is -2.32. The molecule has 0 aliphatic carbocycles. The molecule has 1 aromatic carbocycles. The SMILES string of the molecule is CCc1nc2c(c(N)c1C)C(c1ccccc1Cl)C(C(=O)OCCOC)=C(C)N2. The van der Waals surface area contributed by atoms with Gasteiger partial charge in [-0.1, -0.05) is 36.7 Å². The van der Waals surface area contributed by atoms with E-state index in [1.165, 1.54) is 0 Å². The van der Waals surface area contributed by atoms with E-state index >= 15 is 0 Å². The molecule has 1 aliphatic rings. The minimum Gasteiger partial charge on any atom is -0.460 e. The fourth-order valence-corrected chi connectivity index (χ4v) is 3.93. The molecule has 154 valence electrons. The van der Waals surface area contributed by atoms with Gasteiger partial charge in [0.2, 0.25) is 0 Å². The number of pyridine rings is 1. The number of esters is 1. The molecule has 0 amide bonds. The number of fused-ring (bicyclic) bond motifs is 1. The van der Waals surface area contributed by atoms with Crippen molar-refractivity contribution in [1.82, 2.24) is 4.98 Å². The lowest BCUT2D eigenvalue weighted by atomic mass is 9.80. The maximum absolute atomic E-state index is 13.0. The van der Waals surface area contributed by atoms with Gasteiger partial charge in [-0.2, -0.15) is 0 Å². The van der Waals surface area contributed by atoms with Crippen LogP contribution in [0.5, 0.6) is 0 Å². The monoisotopic (exact) mass is 415 g/mol. The molecule has 1 aliphatic heterocycles. The maximum Gasteiger partial charge on any atom is 0.336 e. The molecule has 0 radical (unpaired) electrons. The summed E-state index contributed by atoms with van der Waals surface area (Å²) in [7, 11) is 1.56. The Morgan fingerprint density at radius 3 is 2.66 bits per heavy atom. The van der Waals surface area contributed by atoms with Crippen molar-refractivity contribution in [2.75, 3.05) is 31.4 Å². The van der Waals surface area contributed by atoms with E-state index in [4.69, 9.17) is 31.8 Å². The van der Waals surface area contributed by atoms with Gasteiger partial charge in [-0.25, -0.2) is 9.78 Å². The molecule has 3 rings (SSSR count). The number of nitrogens with one attached hydrogen (secondary N) is 1. The largest absolute Gasteiger partial charge is 0.460 e. The zero-order chi connectivity index (χ0) is 21.1. The summed E-state index contributed by atoms with van der Waals surface area (Å²) in [6, 6.07) is 7.45. The van der Waals surface area contributed by atoms with E-state index in [1.807, 2.05) is 39.0 Å². The number of carbonyl (C=O) groups is 1. The van der Waals surface area contributed by atoms with Crippen molar-refractivity contribution in [2.45, 2.75) is 33.1 Å². The standard InChI is InChI=1S/C22H26ClN3O3/c1-5-16-12(2)20(24)19-18(14-8-6-7-9-15(14)23)17(13(3)25-21(19)26-16)22(27)29-11-10-28-4/h6-9,18H,5,10-11H2,1-4H3,(H3,24,25,26). The van der Waals surface area contributed by atoms with Crippen LogP contribution in [0.2, 0.25) is 5.02 Å². The lowest BCUT2D eigenvalue weighted by molar-refractivity contribution is -0.140. The highest BCUT2D eigenvalue weighted by molar-refractivity contribution is 6.31. The van der Waals surface area contributed by atoms with Crippen molar-refractivity contribution in [3.05, 3.63) is 62.9 Å². The van der Waals surface area contributed by atoms with Crippen LogP contribution >= 0.6 is 11.6 Å². The van der Waals surface area contributed by atoms with E-state index in [9.17, 15) is 4.79 Å². The maximum atomic E-state index is 13.0. The van der Waals surface area contributed by atoms with E-state index in [1.54, 1.807) is 13.2 Å². The predicted molar refractivity (Wildman–Crippen MR) is 115 cm³/mol. The third-order valence-electron chi connectivity index (χ3n) is 5.21. The summed E-state index contributed by atoms with van der Waals surface area (Å²) < 4.78 is 10.4. The van der Waals surface area contributed by atoms with E-state index in [0.29, 0.717) is 34.4 Å². The fourth-order valence-electron chi connectivity index (χ4n) is 3.69. The lowest BCUT2D eigenvalue weighted by Crippen LogP contribution is -2.27. The molecule has 1 aromatic heterocycles. The molecule has 0 spiro atoms. The summed E-state index contributed by atoms with van der Waals surface area (Å²) in [6.07, 6.45) is 0.760. The van der Waals surface area contributed by atoms with Gasteiger partial charge in [0.05, 0.1) is 18.1 Å². The van der Waals surface area contributed by atoms with E-state index in [0.717, 1.165) is 28.8 Å². The highest BCUT2D eigenvalue weighted by atomic mass is 35.5. The van der Waals surface area contributed by atoms with Crippen molar-refractivity contribution in [1.29, 1.82) is 0 Å². The van der Waals surface area contributed by atoms with Gasteiger partial charge < -0.3 is 20.5 Å². The molecule has 7 heteroatoms. The van der Waals surface area contributed by atoms with Gasteiger partial charge >= 0.3 is 5.97 Å². The van der Waals surface area contributed by atoms with Crippen LogP contribution in [0, 0.1) is 6.92 Å². The Morgan fingerprint density at radius 1 is 1.28 bits per heavy atom. The van der Waals surface area contributed by atoms with Crippen LogP contribution < -0.4 is 11.1 Å². The second-order valence-electron chi connectivity index (χ2n) is 6.96. The number of anilines is 2. The number of ether oxygens (including phenoxy) is 2. The van der Waals surface area contributed by atoms with Crippen LogP contribution in [0.3, 0.4) is 0 Å². The molecular formula is C22H26ClN3O3. The molecule has 0 saturated heterocycles. The first-order valence-electron chi connectivity index (χ1n) is 9.57. The molecular weight excluding hydrogens is 390 g/mol. The number of allylic oxidation sites excluding steroid dienone is 1. The topological polar surface area (TPSA) is 86.5 Å². The minimum absolute atomic E-state index is 0.162. The van der Waals surface area contributed by atoms with Gasteiger partial charge in [-0.3, -0.25) is 0 Å². The van der Waals surface area contributed by atoms with Crippen LogP contribution in [-0.2, 0) is 20.7 Å². The Hall–Kier alpha value is -2.57. The number of hydrogen-bond acceptors (Lipinski definition) is 6. The molecule has 0 saturated carbocycles. The third kappa shape index (κ3) is 3.95. The number of halogens is 1. The molecule has 1 unspecified atom stereocenters. The summed E-state index contributed by atoms with van der Waals surface area (Å²) in [5.74, 6) is -0.257. The summed E-state index contributed by atoms with van der Waals surface area (Å²) >= 11 is 6.54. The van der Waals surface area contributed by atoms with E-state index in [-0.39, 0.29) is 6.61 Å². The van der Waals surface area contributed by atoms with Crippen LogP contribution in [0.15, 0.2) is 35.5 Å². The second-order valence-corrected chi connectivity index (χ2v) is 7.37. The Morgan fingerprint density at radius 2 is 2.00 bits per heavy atom. The van der Waals surface area contributed by atoms with Crippen molar-refractivity contribution < 1.29 is 14.3 Å². The Bertz CT molecular complexity index is 972. The molecule has 1 atom stereocenters. The second kappa shape index (κ2) is 8.84. The smallest absolute Gasteiger partial charge is 0.336 e. The molecule has 29 heavy (non-hydrogen) atoms. The molecule has 2 aromatic rings. The van der Waals surface area contributed by atoms with Gasteiger partial charge in [0.15, 0.2) is 0 Å². The van der Waals surface area contributed by atoms with Gasteiger partial charge in [-0.15, -0.1) is 0 Å². The van der Waals surface area contributed by atoms with Crippen molar-refractivity contribution in [3.8, 4) is 0 Å². The number of nitrogens with two attached hydrogens (primary N) is 1. The van der Waals surface area contributed by atoms with Crippen molar-refractivity contribution in [3.63, 3.8) is 0 Å². The van der Waals surface area contributed by atoms with Crippen molar-refractivity contribution in [2.24, 2.45) is 0 Å². The van der Waals surface area contributed by atoms with E-state index < -0.39 is 11.9 Å². The Balaban J connectivity index is 2.21. The predicted octanol–water partition coefficient (Wildman–Crippen LogP) is 4.21. The third-order valence-corrected chi connectivity index (χ3v) is 5.55. The van der Waals surface area contributed by atoms with Crippen LogP contribution in [0.4, 0.5) is 11.5 Å². The van der Waals surface area contributed by atoms with E-state index in [2.05, 4.69) is 5.32 Å². The fraction of sp³-hybridized carbons (Fsp3) is 0.364. The number of benzene rings is 1. The zero-order valence-corrected chi connectivity index (χ0v) is 17.9. The summed E-state index contributed by atoms with van der Waals surface area (Å²) in [5.41, 5.74) is 11.7. The minimum atomic E-state index is -0.480. The number of aromatic nitrogens is 1. The first-order chi connectivity index (χ1) is 13.9. The zero-order valence-electron chi connectivity index (χ0n) is 17.1. The highest BCUT2D eigenvalue weighted by Gasteiger charge is 2.37.